The normalized spacial score (nSPS) is 23.3. The molecule has 2 heterocycles. The minimum absolute atomic E-state index is 0.273. The number of fused-ring (bicyclic) bond motifs is 1. The average molecular weight is 317 g/mol. The van der Waals surface area contributed by atoms with Crippen LogP contribution in [0.2, 0.25) is 10.0 Å². The molecule has 0 bridgehead atoms. The van der Waals surface area contributed by atoms with E-state index in [2.05, 4.69) is 16.5 Å². The van der Waals surface area contributed by atoms with E-state index in [0.29, 0.717) is 20.7 Å². The number of rotatable bonds is 2. The molecule has 2 unspecified atom stereocenters. The number of nitrogens with one attached hydrogen (secondary N) is 1. The Hall–Kier alpha value is -0.550. The second kappa shape index (κ2) is 5.09. The Morgan fingerprint density at radius 2 is 2.16 bits per heavy atom. The minimum atomic E-state index is 0.273. The number of benzene rings is 1. The summed E-state index contributed by atoms with van der Waals surface area (Å²) in [6, 6.07) is 3.69. The molecule has 1 fully saturated rings. The lowest BCUT2D eigenvalue weighted by Gasteiger charge is -2.15. The highest BCUT2D eigenvalue weighted by atomic mass is 35.5. The van der Waals surface area contributed by atoms with E-state index < -0.39 is 0 Å². The van der Waals surface area contributed by atoms with Gasteiger partial charge in [0, 0.05) is 19.1 Å². The van der Waals surface area contributed by atoms with Crippen molar-refractivity contribution in [3.8, 4) is 0 Å². The third kappa shape index (κ3) is 2.42. The lowest BCUT2D eigenvalue weighted by molar-refractivity contribution is 0.102. The second-order valence-electron chi connectivity index (χ2n) is 4.95. The highest BCUT2D eigenvalue weighted by molar-refractivity contribution is 7.71. The summed E-state index contributed by atoms with van der Waals surface area (Å²) in [5.41, 5.74) is 1.92. The van der Waals surface area contributed by atoms with Crippen molar-refractivity contribution in [2.75, 3.05) is 6.61 Å². The predicted octanol–water partition coefficient (Wildman–Crippen LogP) is 4.43. The van der Waals surface area contributed by atoms with Crippen LogP contribution in [-0.2, 0) is 11.3 Å². The number of hydrogen-bond donors (Lipinski definition) is 1. The Morgan fingerprint density at radius 1 is 1.42 bits per heavy atom. The zero-order valence-corrected chi connectivity index (χ0v) is 12.8. The van der Waals surface area contributed by atoms with Crippen LogP contribution in [0, 0.1) is 10.7 Å². The summed E-state index contributed by atoms with van der Waals surface area (Å²) in [5.74, 6) is 0.486. The first-order valence-electron chi connectivity index (χ1n) is 6.25. The fourth-order valence-electron chi connectivity index (χ4n) is 2.58. The van der Waals surface area contributed by atoms with E-state index >= 15 is 0 Å². The van der Waals surface area contributed by atoms with E-state index in [1.54, 1.807) is 0 Å². The fraction of sp³-hybridized carbons (Fsp3) is 0.462. The van der Waals surface area contributed by atoms with Gasteiger partial charge < -0.3 is 14.3 Å². The highest BCUT2D eigenvalue weighted by Gasteiger charge is 2.25. The first-order valence-corrected chi connectivity index (χ1v) is 7.42. The molecule has 19 heavy (non-hydrogen) atoms. The van der Waals surface area contributed by atoms with E-state index in [1.807, 2.05) is 12.1 Å². The Balaban J connectivity index is 2.05. The summed E-state index contributed by atoms with van der Waals surface area (Å²) in [6.45, 7) is 3.78. The van der Waals surface area contributed by atoms with Gasteiger partial charge in [0.1, 0.15) is 0 Å². The second-order valence-corrected chi connectivity index (χ2v) is 6.15. The Labute approximate surface area is 126 Å². The molecule has 1 aromatic carbocycles. The molecule has 0 aliphatic carbocycles. The van der Waals surface area contributed by atoms with Gasteiger partial charge in [-0.15, -0.1) is 0 Å². The molecule has 6 heteroatoms. The maximum absolute atomic E-state index is 6.10. The molecule has 0 saturated carbocycles. The number of ether oxygens (including phenoxy) is 1. The molecule has 1 saturated heterocycles. The average Bonchev–Trinajstić information content (AvgIpc) is 2.88. The van der Waals surface area contributed by atoms with E-state index in [0.717, 1.165) is 30.6 Å². The molecule has 3 rings (SSSR count). The number of imidazole rings is 1. The number of hydrogen-bond acceptors (Lipinski definition) is 2. The van der Waals surface area contributed by atoms with Crippen LogP contribution in [0.15, 0.2) is 12.1 Å². The fourth-order valence-corrected chi connectivity index (χ4v) is 3.19. The molecule has 1 aromatic heterocycles. The zero-order chi connectivity index (χ0) is 13.6. The molecule has 102 valence electrons. The SMILES string of the molecule is CC1OCCC1Cn1c(=S)[nH]c2cc(Cl)c(Cl)cc21. The van der Waals surface area contributed by atoms with Crippen molar-refractivity contribution in [2.45, 2.75) is 26.0 Å². The Morgan fingerprint density at radius 3 is 2.84 bits per heavy atom. The smallest absolute Gasteiger partial charge is 0.178 e. The largest absolute Gasteiger partial charge is 0.378 e. The molecular formula is C13H14Cl2N2OS. The van der Waals surface area contributed by atoms with Gasteiger partial charge in [0.15, 0.2) is 4.77 Å². The van der Waals surface area contributed by atoms with Gasteiger partial charge in [0.05, 0.1) is 27.2 Å². The van der Waals surface area contributed by atoms with E-state index in [9.17, 15) is 0 Å². The summed E-state index contributed by atoms with van der Waals surface area (Å²) in [5, 5.41) is 1.09. The third-order valence-electron chi connectivity index (χ3n) is 3.77. The topological polar surface area (TPSA) is 29.9 Å². The minimum Gasteiger partial charge on any atom is -0.378 e. The summed E-state index contributed by atoms with van der Waals surface area (Å²) in [4.78, 5) is 3.18. The molecule has 0 spiro atoms. The Bertz CT molecular complexity index is 679. The van der Waals surface area contributed by atoms with Crippen LogP contribution in [0.5, 0.6) is 0 Å². The van der Waals surface area contributed by atoms with E-state index in [1.165, 1.54) is 0 Å². The molecule has 2 aromatic rings. The first kappa shape index (κ1) is 13.4. The molecule has 1 aliphatic heterocycles. The van der Waals surface area contributed by atoms with Crippen molar-refractivity contribution < 1.29 is 4.74 Å². The number of nitrogens with zero attached hydrogens (tertiary/aromatic N) is 1. The molecule has 1 N–H and O–H groups in total. The van der Waals surface area contributed by atoms with Crippen molar-refractivity contribution in [3.63, 3.8) is 0 Å². The van der Waals surface area contributed by atoms with Gasteiger partial charge in [-0.05, 0) is 37.7 Å². The number of H-pyrrole nitrogens is 1. The summed E-state index contributed by atoms with van der Waals surface area (Å²) in [7, 11) is 0. The number of aromatic nitrogens is 2. The van der Waals surface area contributed by atoms with Crippen molar-refractivity contribution in [1.82, 2.24) is 9.55 Å². The predicted molar refractivity (Wildman–Crippen MR) is 80.7 cm³/mol. The maximum Gasteiger partial charge on any atom is 0.178 e. The molecule has 0 amide bonds. The highest BCUT2D eigenvalue weighted by Crippen LogP contribution is 2.29. The van der Waals surface area contributed by atoms with Crippen LogP contribution < -0.4 is 0 Å². The monoisotopic (exact) mass is 316 g/mol. The van der Waals surface area contributed by atoms with Gasteiger partial charge in [0.25, 0.3) is 0 Å². The molecular weight excluding hydrogens is 303 g/mol. The third-order valence-corrected chi connectivity index (χ3v) is 4.81. The van der Waals surface area contributed by atoms with Gasteiger partial charge in [-0.3, -0.25) is 0 Å². The number of halogens is 2. The first-order chi connectivity index (χ1) is 9.06. The van der Waals surface area contributed by atoms with Crippen molar-refractivity contribution in [1.29, 1.82) is 0 Å². The summed E-state index contributed by atoms with van der Waals surface area (Å²) in [6.07, 6.45) is 1.34. The van der Waals surface area contributed by atoms with Crippen molar-refractivity contribution in [2.24, 2.45) is 5.92 Å². The van der Waals surface area contributed by atoms with Crippen LogP contribution in [0.4, 0.5) is 0 Å². The quantitative estimate of drug-likeness (QED) is 0.831. The lowest BCUT2D eigenvalue weighted by atomic mass is 10.0. The van der Waals surface area contributed by atoms with Gasteiger partial charge in [0.2, 0.25) is 0 Å². The molecule has 1 aliphatic rings. The molecule has 3 nitrogen and oxygen atoms in total. The molecule has 0 radical (unpaired) electrons. The number of aromatic amines is 1. The lowest BCUT2D eigenvalue weighted by Crippen LogP contribution is -2.17. The summed E-state index contributed by atoms with van der Waals surface area (Å²) < 4.78 is 8.39. The van der Waals surface area contributed by atoms with Crippen LogP contribution >= 0.6 is 35.4 Å². The van der Waals surface area contributed by atoms with Crippen LogP contribution in [0.3, 0.4) is 0 Å². The van der Waals surface area contributed by atoms with E-state index in [4.69, 9.17) is 40.2 Å². The van der Waals surface area contributed by atoms with E-state index in [-0.39, 0.29) is 6.10 Å². The summed E-state index contributed by atoms with van der Waals surface area (Å²) >= 11 is 17.5. The van der Waals surface area contributed by atoms with Gasteiger partial charge >= 0.3 is 0 Å². The van der Waals surface area contributed by atoms with Crippen LogP contribution in [-0.4, -0.2) is 22.3 Å². The van der Waals surface area contributed by atoms with Gasteiger partial charge in [-0.1, -0.05) is 23.2 Å². The van der Waals surface area contributed by atoms with Gasteiger partial charge in [-0.25, -0.2) is 0 Å². The van der Waals surface area contributed by atoms with Crippen LogP contribution in [0.1, 0.15) is 13.3 Å². The van der Waals surface area contributed by atoms with Gasteiger partial charge in [-0.2, -0.15) is 0 Å². The standard InChI is InChI=1S/C13H14Cl2N2OS/c1-7-8(2-3-18-7)6-17-12-5-10(15)9(14)4-11(12)16-13(17)19/h4-5,7-8H,2-3,6H2,1H3,(H,16,19). The van der Waals surface area contributed by atoms with Crippen molar-refractivity contribution >= 4 is 46.5 Å². The van der Waals surface area contributed by atoms with Crippen LogP contribution in [0.25, 0.3) is 11.0 Å². The molecule has 2 atom stereocenters. The Kier molecular flexibility index (Phi) is 3.60. The zero-order valence-electron chi connectivity index (χ0n) is 10.5. The maximum atomic E-state index is 6.10. The van der Waals surface area contributed by atoms with Crippen molar-refractivity contribution in [3.05, 3.63) is 26.9 Å².